The number of rotatable bonds is 6. The topological polar surface area (TPSA) is 50.5 Å². The van der Waals surface area contributed by atoms with Crippen LogP contribution in [0.3, 0.4) is 0 Å². The Bertz CT molecular complexity index is 321. The number of hydrogen-bond acceptors (Lipinski definition) is 4. The predicted molar refractivity (Wildman–Crippen MR) is 69.4 cm³/mol. The second-order valence-corrected chi connectivity index (χ2v) is 4.85. The fourth-order valence-corrected chi connectivity index (χ4v) is 2.49. The van der Waals surface area contributed by atoms with Crippen LogP contribution in [-0.2, 0) is 4.74 Å². The van der Waals surface area contributed by atoms with Crippen molar-refractivity contribution in [2.24, 2.45) is 0 Å². The van der Waals surface area contributed by atoms with Gasteiger partial charge in [0.15, 0.2) is 0 Å². The number of likely N-dealkylation sites (tertiary alicyclic amines) is 1. The minimum absolute atomic E-state index is 0.366. The molecule has 1 aromatic rings. The molecular weight excluding hydrogens is 230 g/mol. The molecule has 18 heavy (non-hydrogen) atoms. The first-order chi connectivity index (χ1) is 8.79. The van der Waals surface area contributed by atoms with E-state index in [2.05, 4.69) is 14.5 Å². The lowest BCUT2D eigenvalue weighted by Gasteiger charge is -2.33. The van der Waals surface area contributed by atoms with E-state index in [1.807, 2.05) is 25.6 Å². The van der Waals surface area contributed by atoms with Crippen LogP contribution >= 0.6 is 0 Å². The molecule has 2 rings (SSSR count). The van der Waals surface area contributed by atoms with Crippen molar-refractivity contribution in [1.29, 1.82) is 0 Å². The van der Waals surface area contributed by atoms with Crippen molar-refractivity contribution in [3.63, 3.8) is 0 Å². The molecule has 0 spiro atoms. The molecule has 1 aromatic heterocycles. The number of hydrogen-bond donors (Lipinski definition) is 1. The van der Waals surface area contributed by atoms with Crippen LogP contribution in [-0.4, -0.2) is 58.5 Å². The Morgan fingerprint density at radius 2 is 2.22 bits per heavy atom. The summed E-state index contributed by atoms with van der Waals surface area (Å²) in [5.74, 6) is 0. The maximum absolute atomic E-state index is 9.80. The molecule has 1 aliphatic rings. The number of imidazole rings is 1. The zero-order chi connectivity index (χ0) is 12.8. The zero-order valence-corrected chi connectivity index (χ0v) is 11.0. The van der Waals surface area contributed by atoms with Crippen LogP contribution in [0.1, 0.15) is 25.8 Å². The molecule has 102 valence electrons. The van der Waals surface area contributed by atoms with E-state index >= 15 is 0 Å². The highest BCUT2D eigenvalue weighted by atomic mass is 16.5. The standard InChI is InChI=1S/C13H23N3O2/c1-2-18-10-13(17)9-15-6-3-12(4-7-15)16-8-5-14-11-16/h5,8,11-13,17H,2-4,6-7,9-10H2,1H3. The van der Waals surface area contributed by atoms with Gasteiger partial charge in [-0.2, -0.15) is 0 Å². The van der Waals surface area contributed by atoms with E-state index in [1.54, 1.807) is 0 Å². The summed E-state index contributed by atoms with van der Waals surface area (Å²) in [6, 6.07) is 0.563. The maximum atomic E-state index is 9.80. The van der Waals surface area contributed by atoms with Crippen molar-refractivity contribution in [2.75, 3.05) is 32.8 Å². The van der Waals surface area contributed by atoms with E-state index in [0.717, 1.165) is 32.5 Å². The highest BCUT2D eigenvalue weighted by molar-refractivity contribution is 4.84. The van der Waals surface area contributed by atoms with Gasteiger partial charge >= 0.3 is 0 Å². The van der Waals surface area contributed by atoms with Gasteiger partial charge < -0.3 is 19.3 Å². The molecule has 0 aliphatic carbocycles. The van der Waals surface area contributed by atoms with Crippen molar-refractivity contribution in [3.05, 3.63) is 18.7 Å². The summed E-state index contributed by atoms with van der Waals surface area (Å²) in [6.07, 6.45) is 7.64. The second-order valence-electron chi connectivity index (χ2n) is 4.85. The van der Waals surface area contributed by atoms with Gasteiger partial charge in [0, 0.05) is 44.7 Å². The second kappa shape index (κ2) is 6.87. The third-order valence-electron chi connectivity index (χ3n) is 3.49. The third-order valence-corrected chi connectivity index (χ3v) is 3.49. The smallest absolute Gasteiger partial charge is 0.0948 e. The molecule has 1 atom stereocenters. The Morgan fingerprint density at radius 3 is 2.83 bits per heavy atom. The van der Waals surface area contributed by atoms with Crippen LogP contribution in [0.25, 0.3) is 0 Å². The Hall–Kier alpha value is -0.910. The molecule has 0 bridgehead atoms. The van der Waals surface area contributed by atoms with Gasteiger partial charge in [-0.3, -0.25) is 0 Å². The van der Waals surface area contributed by atoms with Crippen LogP contribution in [0.15, 0.2) is 18.7 Å². The predicted octanol–water partition coefficient (Wildman–Crippen LogP) is 0.917. The summed E-state index contributed by atoms with van der Waals surface area (Å²) < 4.78 is 7.42. The normalized spacial score (nSPS) is 20.1. The number of nitrogens with zero attached hydrogens (tertiary/aromatic N) is 3. The highest BCUT2D eigenvalue weighted by Crippen LogP contribution is 2.21. The number of piperidine rings is 1. The molecule has 1 unspecified atom stereocenters. The van der Waals surface area contributed by atoms with Crippen molar-refractivity contribution in [1.82, 2.24) is 14.5 Å². The average molecular weight is 253 g/mol. The van der Waals surface area contributed by atoms with Crippen LogP contribution in [0.4, 0.5) is 0 Å². The summed E-state index contributed by atoms with van der Waals surface area (Å²) >= 11 is 0. The molecule has 1 saturated heterocycles. The van der Waals surface area contributed by atoms with Crippen molar-refractivity contribution >= 4 is 0 Å². The molecular formula is C13H23N3O2. The number of ether oxygens (including phenoxy) is 1. The summed E-state index contributed by atoms with van der Waals surface area (Å²) in [4.78, 5) is 6.41. The highest BCUT2D eigenvalue weighted by Gasteiger charge is 2.21. The van der Waals surface area contributed by atoms with Crippen molar-refractivity contribution in [3.8, 4) is 0 Å². The van der Waals surface area contributed by atoms with Gasteiger partial charge in [0.2, 0.25) is 0 Å². The molecule has 1 aliphatic heterocycles. The van der Waals surface area contributed by atoms with Crippen LogP contribution in [0.2, 0.25) is 0 Å². The fourth-order valence-electron chi connectivity index (χ4n) is 2.49. The van der Waals surface area contributed by atoms with E-state index < -0.39 is 0 Å². The first-order valence-electron chi connectivity index (χ1n) is 6.75. The van der Waals surface area contributed by atoms with Crippen molar-refractivity contribution in [2.45, 2.75) is 31.9 Å². The minimum atomic E-state index is -0.366. The molecule has 5 heteroatoms. The monoisotopic (exact) mass is 253 g/mol. The first kappa shape index (κ1) is 13.5. The van der Waals surface area contributed by atoms with E-state index in [1.165, 1.54) is 0 Å². The lowest BCUT2D eigenvalue weighted by atomic mass is 10.0. The van der Waals surface area contributed by atoms with Crippen LogP contribution in [0, 0.1) is 0 Å². The number of aromatic nitrogens is 2. The summed E-state index contributed by atoms with van der Waals surface area (Å²) in [6.45, 7) is 5.84. The van der Waals surface area contributed by atoms with Crippen molar-refractivity contribution < 1.29 is 9.84 Å². The van der Waals surface area contributed by atoms with E-state index in [9.17, 15) is 5.11 Å². The lowest BCUT2D eigenvalue weighted by molar-refractivity contribution is 0.0151. The molecule has 0 saturated carbocycles. The largest absolute Gasteiger partial charge is 0.389 e. The van der Waals surface area contributed by atoms with Crippen LogP contribution in [0.5, 0.6) is 0 Å². The lowest BCUT2D eigenvalue weighted by Crippen LogP contribution is -2.40. The summed E-state index contributed by atoms with van der Waals surface area (Å²) in [5.41, 5.74) is 0. The van der Waals surface area contributed by atoms with Gasteiger partial charge in [-0.25, -0.2) is 4.98 Å². The number of aliphatic hydroxyl groups is 1. The quantitative estimate of drug-likeness (QED) is 0.819. The summed E-state index contributed by atoms with van der Waals surface area (Å²) in [5, 5.41) is 9.80. The minimum Gasteiger partial charge on any atom is -0.389 e. The first-order valence-corrected chi connectivity index (χ1v) is 6.75. The Balaban J connectivity index is 1.70. The number of aliphatic hydroxyl groups excluding tert-OH is 1. The Kier molecular flexibility index (Phi) is 5.16. The molecule has 0 radical (unpaired) electrons. The van der Waals surface area contributed by atoms with Gasteiger partial charge in [-0.1, -0.05) is 0 Å². The van der Waals surface area contributed by atoms with E-state index in [4.69, 9.17) is 4.74 Å². The van der Waals surface area contributed by atoms with E-state index in [-0.39, 0.29) is 6.10 Å². The molecule has 1 fully saturated rings. The van der Waals surface area contributed by atoms with Gasteiger partial charge in [0.05, 0.1) is 19.0 Å². The Labute approximate surface area is 108 Å². The number of β-amino-alcohol motifs (C(OH)–C–C–N with tert-alkyl or cyclic N) is 1. The fraction of sp³-hybridized carbons (Fsp3) is 0.769. The van der Waals surface area contributed by atoms with Gasteiger partial charge in [0.25, 0.3) is 0 Å². The summed E-state index contributed by atoms with van der Waals surface area (Å²) in [7, 11) is 0. The Morgan fingerprint density at radius 1 is 1.44 bits per heavy atom. The maximum Gasteiger partial charge on any atom is 0.0948 e. The zero-order valence-electron chi connectivity index (χ0n) is 11.0. The van der Waals surface area contributed by atoms with E-state index in [0.29, 0.717) is 19.3 Å². The van der Waals surface area contributed by atoms with Crippen LogP contribution < -0.4 is 0 Å². The average Bonchev–Trinajstić information content (AvgIpc) is 2.91. The SMILES string of the molecule is CCOCC(O)CN1CCC(n2ccnc2)CC1. The van der Waals surface area contributed by atoms with Gasteiger partial charge in [0.1, 0.15) is 0 Å². The van der Waals surface area contributed by atoms with Gasteiger partial charge in [-0.15, -0.1) is 0 Å². The van der Waals surface area contributed by atoms with Gasteiger partial charge in [-0.05, 0) is 19.8 Å². The molecule has 1 N–H and O–H groups in total. The molecule has 2 heterocycles. The molecule has 5 nitrogen and oxygen atoms in total. The molecule has 0 aromatic carbocycles. The molecule has 0 amide bonds. The third kappa shape index (κ3) is 3.80.